The molecule has 0 aliphatic carbocycles. The molecule has 1 aromatic carbocycles. The first-order valence-electron chi connectivity index (χ1n) is 6.58. The van der Waals surface area contributed by atoms with Gasteiger partial charge in [-0.2, -0.15) is 0 Å². The van der Waals surface area contributed by atoms with Crippen molar-refractivity contribution in [3.63, 3.8) is 0 Å². The Bertz CT molecular complexity index is 480. The Morgan fingerprint density at radius 1 is 1.26 bits per heavy atom. The third kappa shape index (κ3) is 4.37. The van der Waals surface area contributed by atoms with Gasteiger partial charge in [0.2, 0.25) is 0 Å². The van der Waals surface area contributed by atoms with Crippen LogP contribution in [0.1, 0.15) is 12.1 Å². The molecular formula is C14H21N5. The summed E-state index contributed by atoms with van der Waals surface area (Å²) in [6.07, 6.45) is 3.04. The van der Waals surface area contributed by atoms with Crippen LogP contribution in [0.2, 0.25) is 0 Å². The predicted molar refractivity (Wildman–Crippen MR) is 77.0 cm³/mol. The SMILES string of the molecule is CN(CCCNCc1cn(C)nn1)c1ccccc1. The van der Waals surface area contributed by atoms with Crippen molar-refractivity contribution in [3.05, 3.63) is 42.2 Å². The molecule has 2 rings (SSSR count). The monoisotopic (exact) mass is 259 g/mol. The van der Waals surface area contributed by atoms with Gasteiger partial charge in [0.1, 0.15) is 0 Å². The topological polar surface area (TPSA) is 46.0 Å². The molecule has 1 N–H and O–H groups in total. The number of para-hydroxylation sites is 1. The van der Waals surface area contributed by atoms with Crippen molar-refractivity contribution in [1.29, 1.82) is 0 Å². The lowest BCUT2D eigenvalue weighted by atomic mass is 10.3. The van der Waals surface area contributed by atoms with E-state index in [1.165, 1.54) is 5.69 Å². The summed E-state index contributed by atoms with van der Waals surface area (Å²) in [5.74, 6) is 0. The zero-order valence-electron chi connectivity index (χ0n) is 11.6. The van der Waals surface area contributed by atoms with E-state index in [-0.39, 0.29) is 0 Å². The van der Waals surface area contributed by atoms with E-state index in [0.29, 0.717) is 0 Å². The molecule has 2 aromatic rings. The summed E-state index contributed by atoms with van der Waals surface area (Å²) in [4.78, 5) is 2.27. The molecule has 0 bridgehead atoms. The van der Waals surface area contributed by atoms with Gasteiger partial charge in [0.15, 0.2) is 0 Å². The molecule has 1 aromatic heterocycles. The predicted octanol–water partition coefficient (Wildman–Crippen LogP) is 1.43. The normalized spacial score (nSPS) is 10.6. The van der Waals surface area contributed by atoms with Crippen molar-refractivity contribution in [2.75, 3.05) is 25.0 Å². The van der Waals surface area contributed by atoms with E-state index in [1.807, 2.05) is 19.3 Å². The van der Waals surface area contributed by atoms with Crippen molar-refractivity contribution < 1.29 is 0 Å². The number of hydrogen-bond donors (Lipinski definition) is 1. The minimum absolute atomic E-state index is 0.781. The van der Waals surface area contributed by atoms with E-state index in [4.69, 9.17) is 0 Å². The van der Waals surface area contributed by atoms with E-state index in [0.717, 1.165) is 31.7 Å². The first-order chi connectivity index (χ1) is 9.25. The summed E-state index contributed by atoms with van der Waals surface area (Å²) in [5.41, 5.74) is 2.25. The fourth-order valence-corrected chi connectivity index (χ4v) is 1.95. The number of nitrogens with zero attached hydrogens (tertiary/aromatic N) is 4. The molecule has 102 valence electrons. The Morgan fingerprint density at radius 3 is 2.74 bits per heavy atom. The summed E-state index contributed by atoms with van der Waals surface area (Å²) in [5, 5.41) is 11.3. The standard InChI is InChI=1S/C14H21N5/c1-18(14-7-4-3-5-8-14)10-6-9-15-11-13-12-19(2)17-16-13/h3-5,7-8,12,15H,6,9-11H2,1-2H3. The summed E-state index contributed by atoms with van der Waals surface area (Å²) in [6.45, 7) is 2.80. The molecule has 0 radical (unpaired) electrons. The number of aryl methyl sites for hydroxylation is 1. The van der Waals surface area contributed by atoms with Crippen LogP contribution >= 0.6 is 0 Å². The second kappa shape index (κ2) is 6.89. The molecule has 0 atom stereocenters. The van der Waals surface area contributed by atoms with Crippen molar-refractivity contribution in [2.24, 2.45) is 7.05 Å². The maximum absolute atomic E-state index is 4.04. The molecule has 0 aliphatic heterocycles. The van der Waals surface area contributed by atoms with E-state index in [2.05, 4.69) is 51.8 Å². The van der Waals surface area contributed by atoms with Gasteiger partial charge in [0.05, 0.1) is 5.69 Å². The van der Waals surface area contributed by atoms with E-state index >= 15 is 0 Å². The minimum atomic E-state index is 0.781. The van der Waals surface area contributed by atoms with Gasteiger partial charge in [-0.3, -0.25) is 4.68 Å². The maximum atomic E-state index is 4.04. The second-order valence-corrected chi connectivity index (χ2v) is 4.67. The molecule has 5 heteroatoms. The third-order valence-electron chi connectivity index (χ3n) is 3.00. The van der Waals surface area contributed by atoms with Gasteiger partial charge >= 0.3 is 0 Å². The molecule has 0 amide bonds. The van der Waals surface area contributed by atoms with Gasteiger partial charge in [-0.05, 0) is 25.1 Å². The molecule has 0 saturated heterocycles. The number of anilines is 1. The quantitative estimate of drug-likeness (QED) is 0.764. The summed E-state index contributed by atoms with van der Waals surface area (Å²) >= 11 is 0. The second-order valence-electron chi connectivity index (χ2n) is 4.67. The van der Waals surface area contributed by atoms with Crippen molar-refractivity contribution in [1.82, 2.24) is 20.3 Å². The number of rotatable bonds is 7. The largest absolute Gasteiger partial charge is 0.375 e. The molecule has 5 nitrogen and oxygen atoms in total. The highest BCUT2D eigenvalue weighted by Crippen LogP contribution is 2.10. The highest BCUT2D eigenvalue weighted by Gasteiger charge is 2.00. The van der Waals surface area contributed by atoms with Gasteiger partial charge in [-0.15, -0.1) is 5.10 Å². The Hall–Kier alpha value is -1.88. The van der Waals surface area contributed by atoms with Gasteiger partial charge in [0.25, 0.3) is 0 Å². The van der Waals surface area contributed by atoms with Gasteiger partial charge in [-0.25, -0.2) is 0 Å². The summed E-state index contributed by atoms with van der Waals surface area (Å²) in [6, 6.07) is 10.4. The Balaban J connectivity index is 1.62. The maximum Gasteiger partial charge on any atom is 0.0964 e. The van der Waals surface area contributed by atoms with Crippen LogP contribution in [0.15, 0.2) is 36.5 Å². The third-order valence-corrected chi connectivity index (χ3v) is 3.00. The van der Waals surface area contributed by atoms with E-state index < -0.39 is 0 Å². The lowest BCUT2D eigenvalue weighted by Gasteiger charge is -2.19. The molecule has 0 saturated carbocycles. The average Bonchev–Trinajstić information content (AvgIpc) is 2.85. The van der Waals surface area contributed by atoms with Crippen LogP contribution in [0.3, 0.4) is 0 Å². The average molecular weight is 259 g/mol. The van der Waals surface area contributed by atoms with Crippen LogP contribution in [0, 0.1) is 0 Å². The van der Waals surface area contributed by atoms with Crippen LogP contribution in [0.5, 0.6) is 0 Å². The van der Waals surface area contributed by atoms with Crippen LogP contribution in [0.4, 0.5) is 5.69 Å². The molecule has 0 aliphatic rings. The molecule has 1 heterocycles. The smallest absolute Gasteiger partial charge is 0.0964 e. The van der Waals surface area contributed by atoms with Gasteiger partial charge < -0.3 is 10.2 Å². The zero-order valence-corrected chi connectivity index (χ0v) is 11.6. The van der Waals surface area contributed by atoms with Crippen LogP contribution < -0.4 is 10.2 Å². The molecule has 0 unspecified atom stereocenters. The summed E-state index contributed by atoms with van der Waals surface area (Å²) < 4.78 is 1.72. The van der Waals surface area contributed by atoms with Gasteiger partial charge in [0, 0.05) is 39.1 Å². The highest BCUT2D eigenvalue weighted by atomic mass is 15.4. The Labute approximate surface area is 114 Å². The van der Waals surface area contributed by atoms with Crippen LogP contribution in [-0.2, 0) is 13.6 Å². The van der Waals surface area contributed by atoms with E-state index in [9.17, 15) is 0 Å². The molecule has 19 heavy (non-hydrogen) atoms. The Kier molecular flexibility index (Phi) is 4.92. The van der Waals surface area contributed by atoms with Crippen molar-refractivity contribution >= 4 is 5.69 Å². The zero-order chi connectivity index (χ0) is 13.5. The Morgan fingerprint density at radius 2 is 2.05 bits per heavy atom. The number of aromatic nitrogens is 3. The number of nitrogens with one attached hydrogen (secondary N) is 1. The highest BCUT2D eigenvalue weighted by molar-refractivity contribution is 5.44. The lowest BCUT2D eigenvalue weighted by Crippen LogP contribution is -2.23. The van der Waals surface area contributed by atoms with E-state index in [1.54, 1.807) is 4.68 Å². The van der Waals surface area contributed by atoms with Crippen molar-refractivity contribution in [2.45, 2.75) is 13.0 Å². The lowest BCUT2D eigenvalue weighted by molar-refractivity contribution is 0.636. The fraction of sp³-hybridized carbons (Fsp3) is 0.429. The number of benzene rings is 1. The molecule has 0 fully saturated rings. The van der Waals surface area contributed by atoms with Crippen molar-refractivity contribution in [3.8, 4) is 0 Å². The first-order valence-corrected chi connectivity index (χ1v) is 6.58. The molecular weight excluding hydrogens is 238 g/mol. The van der Waals surface area contributed by atoms with Crippen LogP contribution in [-0.4, -0.2) is 35.1 Å². The van der Waals surface area contributed by atoms with Crippen LogP contribution in [0.25, 0.3) is 0 Å². The summed E-state index contributed by atoms with van der Waals surface area (Å²) in [7, 11) is 4.00. The molecule has 0 spiro atoms. The number of hydrogen-bond acceptors (Lipinski definition) is 4. The first kappa shape index (κ1) is 13.5. The minimum Gasteiger partial charge on any atom is -0.375 e. The fourth-order valence-electron chi connectivity index (χ4n) is 1.95. The van der Waals surface area contributed by atoms with Gasteiger partial charge in [-0.1, -0.05) is 23.4 Å².